The van der Waals surface area contributed by atoms with E-state index in [1.54, 1.807) is 0 Å². The van der Waals surface area contributed by atoms with Crippen molar-refractivity contribution in [3.63, 3.8) is 0 Å². The Morgan fingerprint density at radius 3 is 2.49 bits per heavy atom. The van der Waals surface area contributed by atoms with Gasteiger partial charge >= 0.3 is 0 Å². The monoisotopic (exact) mass is 607 g/mol. The van der Waals surface area contributed by atoms with E-state index < -0.39 is 0 Å². The minimum absolute atomic E-state index is 0.241. The lowest BCUT2D eigenvalue weighted by molar-refractivity contribution is 0.357. The standard InChI is InChI=1S/C44H33NO2/c1-3-11-34-27(7-1)18-24-41-43(34)42-35(13-6-14-40(42)46-41)29-15-20-32(21-16-29)45-33-10-5-9-30(25-33)31-19-23-39-38(26-31)37-22-17-28-8-2-4-12-36(28)44(37)47-39/h1-15,17-18,20-22,24-26,29,35,42,45H,16,19,23H2. The molecule has 0 radical (unpaired) electrons. The number of hydrogen-bond donors (Lipinski definition) is 1. The molecule has 0 saturated heterocycles. The third-order valence-electron chi connectivity index (χ3n) is 10.5. The summed E-state index contributed by atoms with van der Waals surface area (Å²) < 4.78 is 12.8. The maximum absolute atomic E-state index is 6.44. The summed E-state index contributed by atoms with van der Waals surface area (Å²) in [6, 6.07) is 34.7. The second-order valence-electron chi connectivity index (χ2n) is 13.2. The molecule has 0 bridgehead atoms. The summed E-state index contributed by atoms with van der Waals surface area (Å²) in [7, 11) is 0. The van der Waals surface area contributed by atoms with Crippen LogP contribution in [0, 0.1) is 11.8 Å². The highest BCUT2D eigenvalue weighted by Crippen LogP contribution is 2.52. The maximum atomic E-state index is 6.44. The molecule has 3 heteroatoms. The topological polar surface area (TPSA) is 34.4 Å². The highest BCUT2D eigenvalue weighted by atomic mass is 16.5. The van der Waals surface area contributed by atoms with Crippen LogP contribution in [-0.4, -0.2) is 0 Å². The van der Waals surface area contributed by atoms with Crippen LogP contribution >= 0.6 is 0 Å². The van der Waals surface area contributed by atoms with E-state index in [1.807, 2.05) is 0 Å². The minimum Gasteiger partial charge on any atom is -0.461 e. The van der Waals surface area contributed by atoms with Crippen LogP contribution in [0.4, 0.5) is 5.69 Å². The number of allylic oxidation sites excluding steroid dienone is 8. The summed E-state index contributed by atoms with van der Waals surface area (Å²) in [5.41, 5.74) is 8.44. The molecule has 6 aromatic rings. The average molecular weight is 608 g/mol. The molecule has 3 unspecified atom stereocenters. The number of aryl methyl sites for hydroxylation is 1. The first kappa shape index (κ1) is 26.7. The predicted molar refractivity (Wildman–Crippen MR) is 193 cm³/mol. The predicted octanol–water partition coefficient (Wildman–Crippen LogP) is 11.3. The third-order valence-corrected chi connectivity index (χ3v) is 10.5. The van der Waals surface area contributed by atoms with E-state index in [9.17, 15) is 0 Å². The zero-order valence-electron chi connectivity index (χ0n) is 25.9. The molecule has 0 saturated carbocycles. The Balaban J connectivity index is 0.892. The number of rotatable bonds is 4. The number of ether oxygens (including phenoxy) is 1. The molecule has 226 valence electrons. The zero-order valence-corrected chi connectivity index (χ0v) is 25.9. The second kappa shape index (κ2) is 10.5. The molecular formula is C44H33NO2. The molecule has 1 aromatic heterocycles. The van der Waals surface area contributed by atoms with Gasteiger partial charge in [0.15, 0.2) is 0 Å². The van der Waals surface area contributed by atoms with Gasteiger partial charge in [-0.2, -0.15) is 0 Å². The highest BCUT2D eigenvalue weighted by molar-refractivity contribution is 6.08. The van der Waals surface area contributed by atoms with Gasteiger partial charge in [-0.1, -0.05) is 97.1 Å². The Bertz CT molecular complexity index is 2410. The summed E-state index contributed by atoms with van der Waals surface area (Å²) >= 11 is 0. The number of benzene rings is 5. The van der Waals surface area contributed by atoms with Gasteiger partial charge in [0.1, 0.15) is 22.9 Å². The fourth-order valence-electron chi connectivity index (χ4n) is 8.26. The number of anilines is 1. The summed E-state index contributed by atoms with van der Waals surface area (Å²) in [5.74, 6) is 4.16. The fourth-order valence-corrected chi connectivity index (χ4v) is 8.26. The first-order valence-corrected chi connectivity index (χ1v) is 16.7. The molecule has 1 aliphatic heterocycles. The van der Waals surface area contributed by atoms with Crippen LogP contribution in [0.2, 0.25) is 0 Å². The van der Waals surface area contributed by atoms with E-state index in [2.05, 4.69) is 145 Å². The van der Waals surface area contributed by atoms with Gasteiger partial charge in [0.05, 0.1) is 5.92 Å². The summed E-state index contributed by atoms with van der Waals surface area (Å²) in [6.07, 6.45) is 18.9. The van der Waals surface area contributed by atoms with Gasteiger partial charge in [-0.3, -0.25) is 0 Å². The molecular weight excluding hydrogens is 574 g/mol. The van der Waals surface area contributed by atoms with Crippen molar-refractivity contribution in [2.24, 2.45) is 11.8 Å². The smallest absolute Gasteiger partial charge is 0.142 e. The van der Waals surface area contributed by atoms with Crippen LogP contribution < -0.4 is 10.1 Å². The van der Waals surface area contributed by atoms with Crippen LogP contribution in [0.3, 0.4) is 0 Å². The van der Waals surface area contributed by atoms with E-state index in [1.165, 1.54) is 49.2 Å². The first-order valence-electron chi connectivity index (χ1n) is 16.7. The van der Waals surface area contributed by atoms with Gasteiger partial charge < -0.3 is 14.5 Å². The van der Waals surface area contributed by atoms with E-state index in [0.717, 1.165) is 53.5 Å². The van der Waals surface area contributed by atoms with Crippen LogP contribution in [0.5, 0.6) is 5.75 Å². The first-order chi connectivity index (χ1) is 23.3. The Labute approximate surface area is 273 Å². The molecule has 0 amide bonds. The lowest BCUT2D eigenvalue weighted by Crippen LogP contribution is -2.22. The van der Waals surface area contributed by atoms with Crippen molar-refractivity contribution < 1.29 is 9.15 Å². The number of furan rings is 1. The molecule has 3 aliphatic carbocycles. The summed E-state index contributed by atoms with van der Waals surface area (Å²) in [5, 5.41) is 9.88. The largest absolute Gasteiger partial charge is 0.461 e. The lowest BCUT2D eigenvalue weighted by Gasteiger charge is -2.31. The molecule has 0 fully saturated rings. The Morgan fingerprint density at radius 2 is 1.60 bits per heavy atom. The number of fused-ring (bicyclic) bond motifs is 10. The fraction of sp³-hybridized carbons (Fsp3) is 0.136. The van der Waals surface area contributed by atoms with Crippen molar-refractivity contribution in [1.29, 1.82) is 0 Å². The summed E-state index contributed by atoms with van der Waals surface area (Å²) in [6.45, 7) is 0. The van der Waals surface area contributed by atoms with Crippen molar-refractivity contribution >= 4 is 49.9 Å². The van der Waals surface area contributed by atoms with E-state index in [4.69, 9.17) is 9.15 Å². The molecule has 0 spiro atoms. The summed E-state index contributed by atoms with van der Waals surface area (Å²) in [4.78, 5) is 0. The molecule has 47 heavy (non-hydrogen) atoms. The molecule has 5 aromatic carbocycles. The van der Waals surface area contributed by atoms with Crippen LogP contribution in [-0.2, 0) is 6.42 Å². The molecule has 1 N–H and O–H groups in total. The van der Waals surface area contributed by atoms with Gasteiger partial charge in [0.25, 0.3) is 0 Å². The van der Waals surface area contributed by atoms with Crippen molar-refractivity contribution in [2.75, 3.05) is 5.32 Å². The third kappa shape index (κ3) is 4.34. The SMILES string of the molecule is C1=CC(C2C=CC(Nc3cccc(C4=Cc5c(oc6c5ccc5ccccc56)CC4)c3)=CC2)C2C(=C1)Oc1ccc3ccccc3c12. The van der Waals surface area contributed by atoms with E-state index >= 15 is 0 Å². The van der Waals surface area contributed by atoms with Crippen LogP contribution in [0.1, 0.15) is 41.2 Å². The van der Waals surface area contributed by atoms with Crippen molar-refractivity contribution in [3.8, 4) is 5.75 Å². The van der Waals surface area contributed by atoms with E-state index in [0.29, 0.717) is 11.8 Å². The van der Waals surface area contributed by atoms with Crippen molar-refractivity contribution in [3.05, 3.63) is 167 Å². The van der Waals surface area contributed by atoms with Gasteiger partial charge in [-0.05, 0) is 94.5 Å². The normalized spacial score (nSPS) is 21.1. The Morgan fingerprint density at radius 1 is 0.745 bits per heavy atom. The highest BCUT2D eigenvalue weighted by Gasteiger charge is 2.40. The number of hydrogen-bond acceptors (Lipinski definition) is 3. The minimum atomic E-state index is 0.241. The van der Waals surface area contributed by atoms with Gasteiger partial charge in [-0.15, -0.1) is 0 Å². The quantitative estimate of drug-likeness (QED) is 0.216. The van der Waals surface area contributed by atoms with Crippen molar-refractivity contribution in [1.82, 2.24) is 0 Å². The van der Waals surface area contributed by atoms with E-state index in [-0.39, 0.29) is 5.92 Å². The zero-order chi connectivity index (χ0) is 30.9. The van der Waals surface area contributed by atoms with Crippen LogP contribution in [0.25, 0.3) is 44.2 Å². The Hall–Kier alpha value is -5.54. The molecule has 3 atom stereocenters. The van der Waals surface area contributed by atoms with Gasteiger partial charge in [0, 0.05) is 39.7 Å². The molecule has 3 nitrogen and oxygen atoms in total. The van der Waals surface area contributed by atoms with Gasteiger partial charge in [-0.25, -0.2) is 0 Å². The Kier molecular flexibility index (Phi) is 5.95. The second-order valence-corrected chi connectivity index (χ2v) is 13.2. The molecule has 4 aliphatic rings. The maximum Gasteiger partial charge on any atom is 0.142 e. The van der Waals surface area contributed by atoms with Gasteiger partial charge in [0.2, 0.25) is 0 Å². The number of nitrogens with one attached hydrogen (secondary N) is 1. The van der Waals surface area contributed by atoms with Crippen LogP contribution in [0.15, 0.2) is 149 Å². The van der Waals surface area contributed by atoms with Crippen molar-refractivity contribution in [2.45, 2.75) is 25.2 Å². The average Bonchev–Trinajstić information content (AvgIpc) is 3.71. The molecule has 2 heterocycles. The molecule has 10 rings (SSSR count). The lowest BCUT2D eigenvalue weighted by atomic mass is 9.72.